The van der Waals surface area contributed by atoms with E-state index in [0.29, 0.717) is 26.8 Å². The molecule has 142 valence electrons. The fraction of sp³-hybridized carbons (Fsp3) is 0.0526. The summed E-state index contributed by atoms with van der Waals surface area (Å²) in [5, 5.41) is 11.9. The van der Waals surface area contributed by atoms with E-state index in [1.165, 1.54) is 0 Å². The van der Waals surface area contributed by atoms with Gasteiger partial charge in [-0.15, -0.1) is 0 Å². The Hall–Kier alpha value is -3.10. The molecule has 0 bridgehead atoms. The van der Waals surface area contributed by atoms with Gasteiger partial charge in [0.25, 0.3) is 11.8 Å². The van der Waals surface area contributed by atoms with Crippen LogP contribution >= 0.6 is 23.4 Å². The molecule has 1 saturated heterocycles. The zero-order valence-corrected chi connectivity index (χ0v) is 15.8. The van der Waals surface area contributed by atoms with Crippen molar-refractivity contribution in [2.45, 2.75) is 0 Å². The van der Waals surface area contributed by atoms with Crippen LogP contribution < -0.4 is 10.1 Å². The number of carbonyl (C=O) groups is 3. The molecule has 2 N–H and O–H groups in total. The van der Waals surface area contributed by atoms with Crippen LogP contribution in [0.15, 0.2) is 58.4 Å². The highest BCUT2D eigenvalue weighted by Crippen LogP contribution is 2.27. The van der Waals surface area contributed by atoms with Crippen LogP contribution in [0.25, 0.3) is 6.08 Å². The maximum atomic E-state index is 12.2. The molecular weight excluding hydrogens is 404 g/mol. The van der Waals surface area contributed by atoms with Gasteiger partial charge in [0.05, 0.1) is 4.91 Å². The number of amidine groups is 1. The predicted octanol–water partition coefficient (Wildman–Crippen LogP) is 3.20. The molecule has 9 heteroatoms. The van der Waals surface area contributed by atoms with Gasteiger partial charge in [-0.25, -0.2) is 4.79 Å². The van der Waals surface area contributed by atoms with E-state index in [4.69, 9.17) is 21.4 Å². The number of carboxylic acid groups (broad SMARTS) is 1. The van der Waals surface area contributed by atoms with Crippen molar-refractivity contribution in [2.75, 3.05) is 6.61 Å². The summed E-state index contributed by atoms with van der Waals surface area (Å²) in [4.78, 5) is 39.1. The van der Waals surface area contributed by atoms with Crippen molar-refractivity contribution in [2.24, 2.45) is 4.99 Å². The predicted molar refractivity (Wildman–Crippen MR) is 107 cm³/mol. The van der Waals surface area contributed by atoms with Gasteiger partial charge >= 0.3 is 5.97 Å². The van der Waals surface area contributed by atoms with Crippen LogP contribution in [0.5, 0.6) is 5.75 Å². The molecule has 28 heavy (non-hydrogen) atoms. The molecule has 1 fully saturated rings. The Bertz CT molecular complexity index is 984. The number of aliphatic imine (C=N–C) groups is 1. The monoisotopic (exact) mass is 416 g/mol. The van der Waals surface area contributed by atoms with Crippen LogP contribution in [-0.2, 0) is 9.59 Å². The number of halogens is 1. The zero-order chi connectivity index (χ0) is 20.1. The second-order valence-electron chi connectivity index (χ2n) is 5.55. The lowest BCUT2D eigenvalue weighted by atomic mass is 10.2. The Labute approximate surface area is 169 Å². The van der Waals surface area contributed by atoms with E-state index in [1.54, 1.807) is 54.6 Å². The Morgan fingerprint density at radius 2 is 1.82 bits per heavy atom. The number of nitrogens with zero attached hydrogens (tertiary/aromatic N) is 1. The molecule has 0 spiro atoms. The quantitative estimate of drug-likeness (QED) is 0.725. The van der Waals surface area contributed by atoms with Gasteiger partial charge in [-0.1, -0.05) is 23.7 Å². The largest absolute Gasteiger partial charge is 0.482 e. The molecule has 0 unspecified atom stereocenters. The van der Waals surface area contributed by atoms with E-state index in [-0.39, 0.29) is 11.1 Å². The summed E-state index contributed by atoms with van der Waals surface area (Å²) in [5.74, 6) is -1.51. The lowest BCUT2D eigenvalue weighted by molar-refractivity contribution is -0.139. The number of thioether (sulfide) groups is 1. The third-order valence-electron chi connectivity index (χ3n) is 3.49. The van der Waals surface area contributed by atoms with Crippen LogP contribution in [0.1, 0.15) is 15.9 Å². The van der Waals surface area contributed by atoms with Crippen molar-refractivity contribution in [3.05, 3.63) is 69.6 Å². The van der Waals surface area contributed by atoms with Crippen LogP contribution in [0, 0.1) is 0 Å². The molecule has 0 saturated carbocycles. The van der Waals surface area contributed by atoms with E-state index in [9.17, 15) is 14.4 Å². The number of hydrogen-bond acceptors (Lipinski definition) is 5. The average Bonchev–Trinajstić information content (AvgIpc) is 3.00. The number of rotatable bonds is 5. The first kappa shape index (κ1) is 19.7. The van der Waals surface area contributed by atoms with E-state index in [0.717, 1.165) is 11.8 Å². The highest BCUT2D eigenvalue weighted by molar-refractivity contribution is 8.18. The number of aliphatic carboxylic acids is 1. The highest BCUT2D eigenvalue weighted by Gasteiger charge is 2.24. The van der Waals surface area contributed by atoms with Gasteiger partial charge in [0.2, 0.25) is 0 Å². The van der Waals surface area contributed by atoms with E-state index < -0.39 is 18.5 Å². The minimum atomic E-state index is -1.06. The summed E-state index contributed by atoms with van der Waals surface area (Å²) < 4.78 is 5.05. The van der Waals surface area contributed by atoms with Gasteiger partial charge in [-0.2, -0.15) is 4.99 Å². The molecule has 3 rings (SSSR count). The van der Waals surface area contributed by atoms with Crippen molar-refractivity contribution in [1.82, 2.24) is 5.32 Å². The van der Waals surface area contributed by atoms with E-state index in [2.05, 4.69) is 10.3 Å². The van der Waals surface area contributed by atoms with Crippen molar-refractivity contribution in [3.63, 3.8) is 0 Å². The molecule has 2 amide bonds. The van der Waals surface area contributed by atoms with Crippen molar-refractivity contribution >= 4 is 52.4 Å². The van der Waals surface area contributed by atoms with Crippen molar-refractivity contribution in [1.29, 1.82) is 0 Å². The number of carbonyl (C=O) groups excluding carboxylic acids is 2. The lowest BCUT2D eigenvalue weighted by Crippen LogP contribution is -2.20. The van der Waals surface area contributed by atoms with Gasteiger partial charge in [-0.3, -0.25) is 9.59 Å². The average molecular weight is 417 g/mol. The van der Waals surface area contributed by atoms with Crippen LogP contribution in [0.2, 0.25) is 5.02 Å². The molecule has 0 atom stereocenters. The first-order valence-electron chi connectivity index (χ1n) is 7.95. The van der Waals surface area contributed by atoms with Crippen LogP contribution in [0.3, 0.4) is 0 Å². The Balaban J connectivity index is 1.69. The number of carboxylic acids is 1. The molecule has 0 radical (unpaired) electrons. The third-order valence-corrected chi connectivity index (χ3v) is 4.65. The van der Waals surface area contributed by atoms with Gasteiger partial charge in [0, 0.05) is 10.6 Å². The first-order valence-corrected chi connectivity index (χ1v) is 9.14. The summed E-state index contributed by atoms with van der Waals surface area (Å²) in [6.45, 7) is -0.430. The second kappa shape index (κ2) is 8.73. The zero-order valence-electron chi connectivity index (χ0n) is 14.2. The van der Waals surface area contributed by atoms with Crippen molar-refractivity contribution in [3.8, 4) is 5.75 Å². The van der Waals surface area contributed by atoms with Gasteiger partial charge in [0.1, 0.15) is 5.75 Å². The maximum absolute atomic E-state index is 12.2. The maximum Gasteiger partial charge on any atom is 0.341 e. The van der Waals surface area contributed by atoms with Crippen molar-refractivity contribution < 1.29 is 24.2 Å². The summed E-state index contributed by atoms with van der Waals surface area (Å²) in [7, 11) is 0. The third kappa shape index (κ3) is 5.21. The number of ether oxygens (including phenoxy) is 1. The molecule has 0 aromatic heterocycles. The second-order valence-corrected chi connectivity index (χ2v) is 7.01. The van der Waals surface area contributed by atoms with E-state index >= 15 is 0 Å². The molecular formula is C19H13ClN2O5S. The minimum absolute atomic E-state index is 0.192. The fourth-order valence-electron chi connectivity index (χ4n) is 2.19. The standard InChI is InChI=1S/C19H13ClN2O5S/c20-13-5-3-12(4-6-13)17(25)21-19-22-18(26)15(28-19)9-11-1-7-14(8-2-11)27-10-16(23)24/h1-9H,10H2,(H,23,24)(H,21,22,25,26)/b15-9-. The number of benzene rings is 2. The number of amides is 2. The van der Waals surface area contributed by atoms with Crippen LogP contribution in [-0.4, -0.2) is 34.7 Å². The Kier molecular flexibility index (Phi) is 6.13. The normalized spacial score (nSPS) is 16.2. The molecule has 1 heterocycles. The highest BCUT2D eigenvalue weighted by atomic mass is 35.5. The molecule has 1 aliphatic rings. The summed E-state index contributed by atoms with van der Waals surface area (Å²) >= 11 is 6.85. The summed E-state index contributed by atoms with van der Waals surface area (Å²) in [5.41, 5.74) is 1.08. The Morgan fingerprint density at radius 1 is 1.14 bits per heavy atom. The van der Waals surface area contributed by atoms with E-state index in [1.807, 2.05) is 0 Å². The smallest absolute Gasteiger partial charge is 0.341 e. The lowest BCUT2D eigenvalue weighted by Gasteiger charge is -2.03. The summed E-state index contributed by atoms with van der Waals surface area (Å²) in [6, 6.07) is 12.9. The molecule has 2 aromatic carbocycles. The topological polar surface area (TPSA) is 105 Å². The SMILES string of the molecule is O=C(O)COc1ccc(/C=C2\SC(=NC(=O)c3ccc(Cl)cc3)NC2=O)cc1. The van der Waals surface area contributed by atoms with Crippen LogP contribution in [0.4, 0.5) is 0 Å². The minimum Gasteiger partial charge on any atom is -0.482 e. The number of hydrogen-bond donors (Lipinski definition) is 2. The van der Waals surface area contributed by atoms with Gasteiger partial charge in [-0.05, 0) is 59.8 Å². The molecule has 2 aromatic rings. The Morgan fingerprint density at radius 3 is 2.46 bits per heavy atom. The molecule has 1 aliphatic heterocycles. The van der Waals surface area contributed by atoms with Gasteiger partial charge in [0.15, 0.2) is 11.8 Å². The number of nitrogens with one attached hydrogen (secondary N) is 1. The first-order chi connectivity index (χ1) is 13.4. The molecule has 7 nitrogen and oxygen atoms in total. The fourth-order valence-corrected chi connectivity index (χ4v) is 3.13. The summed E-state index contributed by atoms with van der Waals surface area (Å²) in [6.07, 6.45) is 1.64. The van der Waals surface area contributed by atoms with Gasteiger partial charge < -0.3 is 15.2 Å². The molecule has 0 aliphatic carbocycles.